The lowest BCUT2D eigenvalue weighted by Gasteiger charge is -2.16. The second-order valence-electron chi connectivity index (χ2n) is 16.3. The van der Waals surface area contributed by atoms with Gasteiger partial charge in [0.15, 0.2) is 17.5 Å². The van der Waals surface area contributed by atoms with Crippen molar-refractivity contribution in [2.75, 3.05) is 0 Å². The quantitative estimate of drug-likeness (QED) is 0.177. The SMILES string of the molecule is c1ccc2cc3c(cc2c1)oc1ccc(-n2c4ccccc4c4cc5ccccc5cc42)c(-c2nc(-c4ccc5oc6ccccc6c5c4)nc(-c4cccc5ccccc45)n2)c13. The topological polar surface area (TPSA) is 69.9 Å². The van der Waals surface area contributed by atoms with Gasteiger partial charge in [0, 0.05) is 43.4 Å². The van der Waals surface area contributed by atoms with Crippen LogP contribution in [0, 0.1) is 0 Å². The summed E-state index contributed by atoms with van der Waals surface area (Å²) in [5, 5.41) is 13.1. The van der Waals surface area contributed by atoms with E-state index in [1.807, 2.05) is 24.3 Å². The van der Waals surface area contributed by atoms with E-state index in [0.29, 0.717) is 17.5 Å². The molecule has 292 valence electrons. The van der Waals surface area contributed by atoms with Gasteiger partial charge in [0.05, 0.1) is 22.3 Å². The summed E-state index contributed by atoms with van der Waals surface area (Å²) in [5.41, 5.74) is 8.97. The van der Waals surface area contributed by atoms with Gasteiger partial charge in [-0.05, 0) is 99.0 Å². The molecule has 0 unspecified atom stereocenters. The van der Waals surface area contributed by atoms with Crippen LogP contribution in [0.2, 0.25) is 0 Å². The maximum absolute atomic E-state index is 6.80. The van der Waals surface area contributed by atoms with Crippen LogP contribution in [0.5, 0.6) is 0 Å². The van der Waals surface area contributed by atoms with Gasteiger partial charge >= 0.3 is 0 Å². The summed E-state index contributed by atoms with van der Waals surface area (Å²) in [4.78, 5) is 16.4. The Balaban J connectivity index is 1.15. The fourth-order valence-corrected chi connectivity index (χ4v) is 9.89. The highest BCUT2D eigenvalue weighted by Gasteiger charge is 2.25. The molecule has 63 heavy (non-hydrogen) atoms. The Morgan fingerprint density at radius 2 is 0.937 bits per heavy atom. The Labute approximate surface area is 358 Å². The van der Waals surface area contributed by atoms with Gasteiger partial charge in [0.2, 0.25) is 0 Å². The lowest BCUT2D eigenvalue weighted by atomic mass is 10.00. The van der Waals surface area contributed by atoms with E-state index in [4.69, 9.17) is 23.8 Å². The Kier molecular flexibility index (Phi) is 7.02. The molecule has 0 bridgehead atoms. The highest BCUT2D eigenvalue weighted by atomic mass is 16.3. The van der Waals surface area contributed by atoms with Crippen molar-refractivity contribution in [2.24, 2.45) is 0 Å². The Bertz CT molecular complexity index is 4230. The van der Waals surface area contributed by atoms with Crippen LogP contribution in [-0.4, -0.2) is 19.5 Å². The summed E-state index contributed by atoms with van der Waals surface area (Å²) in [5.74, 6) is 1.69. The third-order valence-corrected chi connectivity index (χ3v) is 12.8. The van der Waals surface area contributed by atoms with Gasteiger partial charge in [-0.25, -0.2) is 15.0 Å². The van der Waals surface area contributed by atoms with Crippen molar-refractivity contribution in [3.63, 3.8) is 0 Å². The number of hydrogen-bond donors (Lipinski definition) is 0. The molecule has 14 aromatic rings. The van der Waals surface area contributed by atoms with Crippen LogP contribution >= 0.6 is 0 Å². The smallest absolute Gasteiger partial charge is 0.166 e. The summed E-state index contributed by atoms with van der Waals surface area (Å²) in [6.45, 7) is 0. The molecule has 10 aromatic carbocycles. The number of fused-ring (bicyclic) bond motifs is 12. The molecule has 0 fully saturated rings. The third-order valence-electron chi connectivity index (χ3n) is 12.8. The molecule has 0 atom stereocenters. The minimum atomic E-state index is 0.545. The van der Waals surface area contributed by atoms with E-state index in [2.05, 4.69) is 174 Å². The zero-order chi connectivity index (χ0) is 41.2. The van der Waals surface area contributed by atoms with E-state index >= 15 is 0 Å². The van der Waals surface area contributed by atoms with E-state index in [1.54, 1.807) is 0 Å². The van der Waals surface area contributed by atoms with Gasteiger partial charge in [-0.2, -0.15) is 0 Å². The molecule has 0 aliphatic heterocycles. The first-order valence-corrected chi connectivity index (χ1v) is 21.2. The van der Waals surface area contributed by atoms with Crippen molar-refractivity contribution >= 4 is 98.0 Å². The molecule has 4 aromatic heterocycles. The Morgan fingerprint density at radius 1 is 0.333 bits per heavy atom. The van der Waals surface area contributed by atoms with Crippen molar-refractivity contribution < 1.29 is 8.83 Å². The van der Waals surface area contributed by atoms with Crippen LogP contribution in [-0.2, 0) is 0 Å². The molecule has 6 heteroatoms. The molecule has 0 aliphatic carbocycles. The fourth-order valence-electron chi connectivity index (χ4n) is 9.89. The number of benzene rings is 10. The van der Waals surface area contributed by atoms with Gasteiger partial charge in [-0.15, -0.1) is 0 Å². The summed E-state index contributed by atoms with van der Waals surface area (Å²) in [6, 6.07) is 68.1. The molecular weight excluding hydrogens is 773 g/mol. The summed E-state index contributed by atoms with van der Waals surface area (Å²) < 4.78 is 15.5. The van der Waals surface area contributed by atoms with Gasteiger partial charge in [-0.1, -0.05) is 127 Å². The molecule has 0 aliphatic rings. The second-order valence-corrected chi connectivity index (χ2v) is 16.3. The summed E-state index contributed by atoms with van der Waals surface area (Å²) in [6.07, 6.45) is 0. The van der Waals surface area contributed by atoms with Gasteiger partial charge in [-0.3, -0.25) is 0 Å². The molecule has 0 radical (unpaired) electrons. The average Bonchev–Trinajstić information content (AvgIpc) is 4.00. The number of nitrogens with zero attached hydrogens (tertiary/aromatic N) is 4. The number of aromatic nitrogens is 4. The molecule has 6 nitrogen and oxygen atoms in total. The van der Waals surface area contributed by atoms with Crippen molar-refractivity contribution in [2.45, 2.75) is 0 Å². The van der Waals surface area contributed by atoms with Crippen molar-refractivity contribution in [3.05, 3.63) is 194 Å². The predicted octanol–water partition coefficient (Wildman–Crippen LogP) is 15.2. The molecule has 0 amide bonds. The first kappa shape index (κ1) is 34.1. The van der Waals surface area contributed by atoms with E-state index < -0.39 is 0 Å². The highest BCUT2D eigenvalue weighted by molar-refractivity contribution is 6.19. The van der Waals surface area contributed by atoms with Crippen LogP contribution in [0.15, 0.2) is 203 Å². The van der Waals surface area contributed by atoms with Crippen LogP contribution in [0.4, 0.5) is 0 Å². The van der Waals surface area contributed by atoms with Crippen LogP contribution in [0.25, 0.3) is 138 Å². The molecule has 0 saturated carbocycles. The van der Waals surface area contributed by atoms with Crippen molar-refractivity contribution in [1.82, 2.24) is 19.5 Å². The van der Waals surface area contributed by atoms with Crippen molar-refractivity contribution in [1.29, 1.82) is 0 Å². The number of para-hydroxylation sites is 2. The summed E-state index contributed by atoms with van der Waals surface area (Å²) >= 11 is 0. The zero-order valence-corrected chi connectivity index (χ0v) is 33.6. The molecular formula is C57H32N4O2. The largest absolute Gasteiger partial charge is 0.456 e. The third kappa shape index (κ3) is 5.09. The molecule has 0 saturated heterocycles. The van der Waals surface area contributed by atoms with E-state index in [9.17, 15) is 0 Å². The van der Waals surface area contributed by atoms with E-state index in [0.717, 1.165) is 98.8 Å². The number of furan rings is 2. The first-order chi connectivity index (χ1) is 31.2. The highest BCUT2D eigenvalue weighted by Crippen LogP contribution is 2.45. The van der Waals surface area contributed by atoms with Crippen LogP contribution < -0.4 is 0 Å². The monoisotopic (exact) mass is 804 g/mol. The van der Waals surface area contributed by atoms with Gasteiger partial charge in [0.25, 0.3) is 0 Å². The predicted molar refractivity (Wildman–Crippen MR) is 258 cm³/mol. The average molecular weight is 805 g/mol. The second kappa shape index (κ2) is 12.9. The van der Waals surface area contributed by atoms with Crippen LogP contribution in [0.1, 0.15) is 0 Å². The first-order valence-electron chi connectivity index (χ1n) is 21.2. The lowest BCUT2D eigenvalue weighted by Crippen LogP contribution is -2.04. The maximum atomic E-state index is 6.80. The van der Waals surface area contributed by atoms with Gasteiger partial charge in [0.1, 0.15) is 22.3 Å². The molecule has 0 spiro atoms. The normalized spacial score (nSPS) is 12.1. The summed E-state index contributed by atoms with van der Waals surface area (Å²) in [7, 11) is 0. The zero-order valence-electron chi connectivity index (χ0n) is 33.6. The minimum absolute atomic E-state index is 0.545. The van der Waals surface area contributed by atoms with E-state index in [1.165, 1.54) is 21.5 Å². The van der Waals surface area contributed by atoms with E-state index in [-0.39, 0.29) is 0 Å². The fraction of sp³-hybridized carbons (Fsp3) is 0. The Morgan fingerprint density at radius 3 is 1.78 bits per heavy atom. The van der Waals surface area contributed by atoms with Crippen molar-refractivity contribution in [3.8, 4) is 39.9 Å². The molecule has 4 heterocycles. The lowest BCUT2D eigenvalue weighted by molar-refractivity contribution is 0.668. The molecule has 0 N–H and O–H groups in total. The minimum Gasteiger partial charge on any atom is -0.456 e. The number of hydrogen-bond acceptors (Lipinski definition) is 5. The molecule has 14 rings (SSSR count). The van der Waals surface area contributed by atoms with Gasteiger partial charge < -0.3 is 13.4 Å². The number of rotatable bonds is 4. The Hall–Kier alpha value is -8.61. The standard InChI is InChI=1S/C57H32N4O2/c1-3-15-36-31-48-43(28-34(36)13-1)40-19-7-9-22-46(40)61(48)47-25-27-51-53(45-29-35-14-2-4-16-37(35)32-52(45)63-51)54(47)57-59-55(38-24-26-50-44(30-38)41-20-8-10-23-49(41)62-50)58-56(60-57)42-21-11-17-33-12-5-6-18-39(33)42/h1-32H. The van der Waals surface area contributed by atoms with Crippen LogP contribution in [0.3, 0.4) is 0 Å². The maximum Gasteiger partial charge on any atom is 0.166 e.